The number of nitrogens with zero attached hydrogens (tertiary/aromatic N) is 3. The number of anilines is 1. The summed E-state index contributed by atoms with van der Waals surface area (Å²) in [7, 11) is -3.57. The highest BCUT2D eigenvalue weighted by molar-refractivity contribution is 7.86. The molecule has 20 heavy (non-hydrogen) atoms. The first-order valence-electron chi connectivity index (χ1n) is 6.33. The number of aryl methyl sites for hydroxylation is 1. The van der Waals surface area contributed by atoms with Crippen molar-refractivity contribution >= 4 is 37.5 Å². The summed E-state index contributed by atoms with van der Waals surface area (Å²) in [5.74, 6) is 0. The molecule has 0 atom stereocenters. The zero-order valence-electron chi connectivity index (χ0n) is 11.1. The van der Waals surface area contributed by atoms with Crippen LogP contribution in [0.5, 0.6) is 0 Å². The first-order valence-corrected chi connectivity index (χ1v) is 8.65. The van der Waals surface area contributed by atoms with Gasteiger partial charge in [0.2, 0.25) is 0 Å². The maximum Gasteiger partial charge on any atom is 0.277 e. The summed E-state index contributed by atoms with van der Waals surface area (Å²) in [6.45, 7) is 4.13. The average molecular weight is 312 g/mol. The van der Waals surface area contributed by atoms with Crippen LogP contribution in [-0.2, 0) is 10.2 Å². The monoisotopic (exact) mass is 312 g/mol. The van der Waals surface area contributed by atoms with Crippen molar-refractivity contribution in [2.45, 2.75) is 6.92 Å². The van der Waals surface area contributed by atoms with Gasteiger partial charge in [-0.05, 0) is 25.1 Å². The van der Waals surface area contributed by atoms with Gasteiger partial charge in [-0.3, -0.25) is 0 Å². The summed E-state index contributed by atoms with van der Waals surface area (Å²) in [5.41, 5.74) is 2.08. The van der Waals surface area contributed by atoms with E-state index in [2.05, 4.69) is 28.1 Å². The Kier molecular flexibility index (Phi) is 3.41. The van der Waals surface area contributed by atoms with Gasteiger partial charge in [-0.2, -0.15) is 12.7 Å². The summed E-state index contributed by atoms with van der Waals surface area (Å²) >= 11 is 1.68. The second-order valence-corrected chi connectivity index (χ2v) is 7.60. The van der Waals surface area contributed by atoms with Crippen molar-refractivity contribution in [2.75, 3.05) is 31.1 Å². The molecule has 0 bridgehead atoms. The number of aromatic nitrogens is 1. The van der Waals surface area contributed by atoms with E-state index in [0.717, 1.165) is 16.2 Å². The second kappa shape index (κ2) is 4.96. The Bertz CT molecular complexity index is 733. The molecule has 2 aromatic rings. The summed E-state index contributed by atoms with van der Waals surface area (Å²) < 4.78 is 25.1. The molecular weight excluding hydrogens is 296 g/mol. The van der Waals surface area contributed by atoms with Crippen LogP contribution in [0.3, 0.4) is 0 Å². The third kappa shape index (κ3) is 2.64. The number of fused-ring (bicyclic) bond motifs is 1. The lowest BCUT2D eigenvalue weighted by Crippen LogP contribution is -2.50. The maximum atomic E-state index is 11.3. The number of hydrogen-bond acceptors (Lipinski definition) is 5. The molecule has 2 heterocycles. The first kappa shape index (κ1) is 13.7. The van der Waals surface area contributed by atoms with Gasteiger partial charge < -0.3 is 4.90 Å². The molecule has 2 N–H and O–H groups in total. The van der Waals surface area contributed by atoms with Crippen LogP contribution in [0.1, 0.15) is 5.01 Å². The van der Waals surface area contributed by atoms with E-state index in [1.165, 1.54) is 9.01 Å². The maximum absolute atomic E-state index is 11.3. The van der Waals surface area contributed by atoms with Crippen molar-refractivity contribution in [1.29, 1.82) is 0 Å². The largest absolute Gasteiger partial charge is 0.369 e. The lowest BCUT2D eigenvalue weighted by Gasteiger charge is -2.34. The van der Waals surface area contributed by atoms with Crippen molar-refractivity contribution < 1.29 is 8.42 Å². The van der Waals surface area contributed by atoms with Crippen LogP contribution < -0.4 is 10.0 Å². The Balaban J connectivity index is 1.79. The van der Waals surface area contributed by atoms with Crippen molar-refractivity contribution in [1.82, 2.24) is 9.29 Å². The quantitative estimate of drug-likeness (QED) is 0.894. The number of piperazine rings is 1. The number of rotatable bonds is 2. The smallest absolute Gasteiger partial charge is 0.277 e. The molecule has 108 valence electrons. The molecule has 1 aromatic heterocycles. The Morgan fingerprint density at radius 1 is 1.25 bits per heavy atom. The molecule has 0 aliphatic carbocycles. The molecule has 8 heteroatoms. The van der Waals surface area contributed by atoms with E-state index in [-0.39, 0.29) is 0 Å². The van der Waals surface area contributed by atoms with Gasteiger partial charge in [0.25, 0.3) is 10.2 Å². The van der Waals surface area contributed by atoms with E-state index in [0.29, 0.717) is 26.2 Å². The van der Waals surface area contributed by atoms with Gasteiger partial charge in [0, 0.05) is 31.9 Å². The van der Waals surface area contributed by atoms with Crippen LogP contribution in [0, 0.1) is 6.92 Å². The minimum absolute atomic E-state index is 0.424. The van der Waals surface area contributed by atoms with Gasteiger partial charge in [0.05, 0.1) is 15.2 Å². The van der Waals surface area contributed by atoms with E-state index < -0.39 is 10.2 Å². The van der Waals surface area contributed by atoms with Crippen molar-refractivity contribution in [3.05, 3.63) is 23.2 Å². The summed E-state index contributed by atoms with van der Waals surface area (Å²) in [6.07, 6.45) is 0. The number of hydrogen-bond donors (Lipinski definition) is 1. The molecule has 6 nitrogen and oxygen atoms in total. The fraction of sp³-hybridized carbons (Fsp3) is 0.417. The van der Waals surface area contributed by atoms with Crippen molar-refractivity contribution in [3.8, 4) is 0 Å². The third-order valence-electron chi connectivity index (χ3n) is 3.44. The van der Waals surface area contributed by atoms with Gasteiger partial charge in [-0.15, -0.1) is 11.3 Å². The van der Waals surface area contributed by atoms with Crippen molar-refractivity contribution in [2.24, 2.45) is 5.14 Å². The molecule has 1 aliphatic heterocycles. The van der Waals surface area contributed by atoms with E-state index >= 15 is 0 Å². The van der Waals surface area contributed by atoms with Crippen LogP contribution in [0.25, 0.3) is 10.2 Å². The van der Waals surface area contributed by atoms with Gasteiger partial charge in [0.15, 0.2) is 0 Å². The first-order chi connectivity index (χ1) is 9.43. The Morgan fingerprint density at radius 3 is 2.60 bits per heavy atom. The molecule has 1 aromatic carbocycles. The minimum atomic E-state index is -3.57. The fourth-order valence-corrected chi connectivity index (χ4v) is 3.91. The summed E-state index contributed by atoms with van der Waals surface area (Å²) in [5, 5.41) is 6.19. The predicted octanol–water partition coefficient (Wildman–Crippen LogP) is 0.930. The van der Waals surface area contributed by atoms with Crippen LogP contribution >= 0.6 is 11.3 Å². The zero-order valence-corrected chi connectivity index (χ0v) is 12.7. The summed E-state index contributed by atoms with van der Waals surface area (Å²) in [4.78, 5) is 6.65. The van der Waals surface area contributed by atoms with Gasteiger partial charge in [0.1, 0.15) is 0 Å². The molecule has 0 saturated carbocycles. The summed E-state index contributed by atoms with van der Waals surface area (Å²) in [6, 6.07) is 6.19. The van der Waals surface area contributed by atoms with Gasteiger partial charge in [-0.25, -0.2) is 10.1 Å². The Morgan fingerprint density at radius 2 is 1.95 bits per heavy atom. The van der Waals surface area contributed by atoms with Gasteiger partial charge >= 0.3 is 0 Å². The Hall–Kier alpha value is -1.22. The van der Waals surface area contributed by atoms with Crippen LogP contribution in [-0.4, -0.2) is 43.9 Å². The lowest BCUT2D eigenvalue weighted by atomic mass is 10.2. The predicted molar refractivity (Wildman–Crippen MR) is 81.3 cm³/mol. The highest BCUT2D eigenvalue weighted by atomic mass is 32.2. The normalized spacial score (nSPS) is 17.8. The zero-order chi connectivity index (χ0) is 14.3. The molecule has 1 aliphatic rings. The van der Waals surface area contributed by atoms with Crippen LogP contribution in [0.15, 0.2) is 18.2 Å². The van der Waals surface area contributed by atoms with E-state index in [9.17, 15) is 8.42 Å². The molecule has 0 spiro atoms. The second-order valence-electron chi connectivity index (χ2n) is 4.82. The number of benzene rings is 1. The molecule has 0 amide bonds. The molecular formula is C12H16N4O2S2. The van der Waals surface area contributed by atoms with E-state index in [4.69, 9.17) is 5.14 Å². The standard InChI is InChI=1S/C12H16N4O2S2/c1-9-14-11-8-10(2-3-12(11)19-9)15-4-6-16(7-5-15)20(13,17)18/h2-3,8H,4-7H2,1H3,(H2,13,17,18). The number of nitrogens with two attached hydrogens (primary N) is 1. The fourth-order valence-electron chi connectivity index (χ4n) is 2.43. The van der Waals surface area contributed by atoms with Crippen LogP contribution in [0.2, 0.25) is 0 Å². The van der Waals surface area contributed by atoms with Crippen molar-refractivity contribution in [3.63, 3.8) is 0 Å². The average Bonchev–Trinajstić information content (AvgIpc) is 2.77. The molecule has 1 saturated heterocycles. The highest BCUT2D eigenvalue weighted by Crippen LogP contribution is 2.27. The SMILES string of the molecule is Cc1nc2cc(N3CCN(S(N)(=O)=O)CC3)ccc2s1. The molecule has 0 radical (unpaired) electrons. The lowest BCUT2D eigenvalue weighted by molar-refractivity contribution is 0.385. The van der Waals surface area contributed by atoms with E-state index in [1.807, 2.05) is 6.92 Å². The Labute approximate surface area is 122 Å². The highest BCUT2D eigenvalue weighted by Gasteiger charge is 2.24. The minimum Gasteiger partial charge on any atom is -0.369 e. The molecule has 0 unspecified atom stereocenters. The topological polar surface area (TPSA) is 79.5 Å². The van der Waals surface area contributed by atoms with Gasteiger partial charge in [-0.1, -0.05) is 0 Å². The van der Waals surface area contributed by atoms with Crippen LogP contribution in [0.4, 0.5) is 5.69 Å². The van der Waals surface area contributed by atoms with E-state index in [1.54, 1.807) is 11.3 Å². The third-order valence-corrected chi connectivity index (χ3v) is 5.48. The molecule has 1 fully saturated rings. The number of thiazole rings is 1. The molecule has 3 rings (SSSR count).